The summed E-state index contributed by atoms with van der Waals surface area (Å²) in [5, 5.41) is 0. The lowest BCUT2D eigenvalue weighted by atomic mass is 9.82. The van der Waals surface area contributed by atoms with Crippen LogP contribution in [0.5, 0.6) is 0 Å². The molecule has 2 rings (SSSR count). The van der Waals surface area contributed by atoms with Crippen molar-refractivity contribution in [3.05, 3.63) is 35.9 Å². The molecule has 0 aromatic heterocycles. The van der Waals surface area contributed by atoms with Crippen LogP contribution >= 0.6 is 10.7 Å². The van der Waals surface area contributed by atoms with Crippen molar-refractivity contribution < 1.29 is 17.9 Å². The van der Waals surface area contributed by atoms with Crippen molar-refractivity contribution in [1.29, 1.82) is 0 Å². The molecule has 2 atom stereocenters. The molecule has 1 aromatic carbocycles. The number of halogens is 1. The van der Waals surface area contributed by atoms with Crippen LogP contribution in [0.2, 0.25) is 0 Å². The maximum atomic E-state index is 12.3. The fourth-order valence-electron chi connectivity index (χ4n) is 3.03. The predicted octanol–water partition coefficient (Wildman–Crippen LogP) is 3.60. The first kappa shape index (κ1) is 19.1. The van der Waals surface area contributed by atoms with Gasteiger partial charge in [-0.25, -0.2) is 13.2 Å². The molecule has 0 spiro atoms. The summed E-state index contributed by atoms with van der Waals surface area (Å²) < 4.78 is 28.5. The Morgan fingerprint density at radius 3 is 2.46 bits per heavy atom. The minimum Gasteiger partial charge on any atom is -0.444 e. The number of amides is 1. The van der Waals surface area contributed by atoms with Gasteiger partial charge in [-0.1, -0.05) is 30.3 Å². The Labute approximate surface area is 148 Å². The SMILES string of the molecule is CC(C)(C)OC(=O)N1CCC(CS(=O)(=O)Cl)C(c2ccccc2)C1. The zero-order chi connectivity index (χ0) is 18.0. The molecule has 1 aliphatic heterocycles. The second kappa shape index (κ2) is 7.31. The van der Waals surface area contributed by atoms with E-state index in [0.29, 0.717) is 19.5 Å². The van der Waals surface area contributed by atoms with Crippen molar-refractivity contribution in [1.82, 2.24) is 4.90 Å². The van der Waals surface area contributed by atoms with Crippen molar-refractivity contribution in [2.75, 3.05) is 18.8 Å². The monoisotopic (exact) mass is 373 g/mol. The van der Waals surface area contributed by atoms with Crippen LogP contribution in [0.1, 0.15) is 38.7 Å². The predicted molar refractivity (Wildman–Crippen MR) is 94.7 cm³/mol. The molecule has 1 aromatic rings. The third-order valence-electron chi connectivity index (χ3n) is 4.05. The molecule has 2 unspecified atom stereocenters. The molecule has 1 amide bonds. The fourth-order valence-corrected chi connectivity index (χ4v) is 4.42. The number of rotatable bonds is 3. The molecule has 0 N–H and O–H groups in total. The van der Waals surface area contributed by atoms with E-state index in [9.17, 15) is 13.2 Å². The highest BCUT2D eigenvalue weighted by molar-refractivity contribution is 8.13. The van der Waals surface area contributed by atoms with Crippen molar-refractivity contribution in [2.24, 2.45) is 5.92 Å². The van der Waals surface area contributed by atoms with E-state index in [1.807, 2.05) is 51.1 Å². The minimum atomic E-state index is -3.59. The Balaban J connectivity index is 2.19. The quantitative estimate of drug-likeness (QED) is 0.759. The van der Waals surface area contributed by atoms with E-state index in [0.717, 1.165) is 5.56 Å². The molecule has 0 radical (unpaired) electrons. The summed E-state index contributed by atoms with van der Waals surface area (Å²) in [7, 11) is 1.88. The summed E-state index contributed by atoms with van der Waals surface area (Å²) >= 11 is 0. The molecule has 1 fully saturated rings. The molecule has 7 heteroatoms. The van der Waals surface area contributed by atoms with Crippen LogP contribution in [-0.2, 0) is 13.8 Å². The number of nitrogens with zero attached hydrogens (tertiary/aromatic N) is 1. The maximum absolute atomic E-state index is 12.3. The van der Waals surface area contributed by atoms with Gasteiger partial charge in [-0.2, -0.15) is 0 Å². The first-order valence-electron chi connectivity index (χ1n) is 8.00. The minimum absolute atomic E-state index is 0.0824. The zero-order valence-corrected chi connectivity index (χ0v) is 15.8. The summed E-state index contributed by atoms with van der Waals surface area (Å²) in [6.45, 7) is 6.37. The number of piperidine rings is 1. The Bertz CT molecular complexity index is 670. The van der Waals surface area contributed by atoms with E-state index in [1.54, 1.807) is 4.90 Å². The molecule has 5 nitrogen and oxygen atoms in total. The number of benzene rings is 1. The lowest BCUT2D eigenvalue weighted by Crippen LogP contribution is -2.46. The van der Waals surface area contributed by atoms with Gasteiger partial charge in [-0.3, -0.25) is 0 Å². The van der Waals surface area contributed by atoms with Crippen LogP contribution in [0, 0.1) is 5.92 Å². The fraction of sp³-hybridized carbons (Fsp3) is 0.588. The standard InChI is InChI=1S/C17H24ClNO4S/c1-17(2,3)23-16(20)19-10-9-14(12-24(18,21)22)15(11-19)13-7-5-4-6-8-13/h4-8,14-15H,9-12H2,1-3H3. The van der Waals surface area contributed by atoms with Gasteiger partial charge < -0.3 is 9.64 Å². The third kappa shape index (κ3) is 5.67. The van der Waals surface area contributed by atoms with Gasteiger partial charge in [-0.05, 0) is 38.7 Å². The van der Waals surface area contributed by atoms with Gasteiger partial charge in [0.05, 0.1) is 5.75 Å². The normalized spacial score (nSPS) is 22.2. The van der Waals surface area contributed by atoms with Gasteiger partial charge in [0, 0.05) is 29.7 Å². The maximum Gasteiger partial charge on any atom is 0.410 e. The molecular formula is C17H24ClNO4S. The smallest absolute Gasteiger partial charge is 0.410 e. The first-order chi connectivity index (χ1) is 11.1. The second-order valence-electron chi connectivity index (χ2n) is 7.20. The summed E-state index contributed by atoms with van der Waals surface area (Å²) in [4.78, 5) is 14.0. The molecule has 134 valence electrons. The van der Waals surface area contributed by atoms with E-state index in [2.05, 4.69) is 0 Å². The molecule has 24 heavy (non-hydrogen) atoms. The van der Waals surface area contributed by atoms with Crippen LogP contribution < -0.4 is 0 Å². The third-order valence-corrected chi connectivity index (χ3v) is 5.25. The highest BCUT2D eigenvalue weighted by Gasteiger charge is 2.36. The molecule has 0 bridgehead atoms. The van der Waals surface area contributed by atoms with Crippen LogP contribution in [0.4, 0.5) is 4.79 Å². The molecule has 1 heterocycles. The van der Waals surface area contributed by atoms with E-state index in [-0.39, 0.29) is 23.7 Å². The number of hydrogen-bond acceptors (Lipinski definition) is 4. The number of hydrogen-bond donors (Lipinski definition) is 0. The molecule has 0 aliphatic carbocycles. The van der Waals surface area contributed by atoms with E-state index < -0.39 is 14.7 Å². The Morgan fingerprint density at radius 1 is 1.29 bits per heavy atom. The van der Waals surface area contributed by atoms with Crippen molar-refractivity contribution in [2.45, 2.75) is 38.7 Å². The number of ether oxygens (including phenoxy) is 1. The zero-order valence-electron chi connectivity index (χ0n) is 14.2. The van der Waals surface area contributed by atoms with Gasteiger partial charge in [0.25, 0.3) is 0 Å². The van der Waals surface area contributed by atoms with Crippen LogP contribution in [0.15, 0.2) is 30.3 Å². The van der Waals surface area contributed by atoms with Crippen molar-refractivity contribution in [3.63, 3.8) is 0 Å². The average Bonchev–Trinajstić information content (AvgIpc) is 2.45. The van der Waals surface area contributed by atoms with Gasteiger partial charge in [-0.15, -0.1) is 0 Å². The summed E-state index contributed by atoms with van der Waals surface area (Å²) in [5.41, 5.74) is 0.450. The molecule has 1 aliphatic rings. The van der Waals surface area contributed by atoms with Gasteiger partial charge in [0.1, 0.15) is 5.60 Å². The van der Waals surface area contributed by atoms with Crippen LogP contribution in [0.3, 0.4) is 0 Å². The number of likely N-dealkylation sites (tertiary alicyclic amines) is 1. The highest BCUT2D eigenvalue weighted by Crippen LogP contribution is 2.34. The topological polar surface area (TPSA) is 63.7 Å². The van der Waals surface area contributed by atoms with E-state index >= 15 is 0 Å². The van der Waals surface area contributed by atoms with Crippen molar-refractivity contribution >= 4 is 25.8 Å². The van der Waals surface area contributed by atoms with Gasteiger partial charge in [0.15, 0.2) is 0 Å². The van der Waals surface area contributed by atoms with Crippen LogP contribution in [0.25, 0.3) is 0 Å². The Morgan fingerprint density at radius 2 is 1.92 bits per heavy atom. The summed E-state index contributed by atoms with van der Waals surface area (Å²) in [6, 6.07) is 9.64. The van der Waals surface area contributed by atoms with Crippen molar-refractivity contribution in [3.8, 4) is 0 Å². The molecule has 0 saturated carbocycles. The Kier molecular flexibility index (Phi) is 5.81. The molecular weight excluding hydrogens is 350 g/mol. The number of carbonyl (C=O) groups excluding carboxylic acids is 1. The largest absolute Gasteiger partial charge is 0.444 e. The first-order valence-corrected chi connectivity index (χ1v) is 10.5. The lowest BCUT2D eigenvalue weighted by molar-refractivity contribution is 0.0165. The summed E-state index contributed by atoms with van der Waals surface area (Å²) in [5.74, 6) is -0.286. The Hall–Kier alpha value is -1.27. The molecule has 1 saturated heterocycles. The van der Waals surface area contributed by atoms with E-state index in [4.69, 9.17) is 15.4 Å². The van der Waals surface area contributed by atoms with Crippen LogP contribution in [-0.4, -0.2) is 43.9 Å². The second-order valence-corrected chi connectivity index (χ2v) is 10.0. The highest BCUT2D eigenvalue weighted by atomic mass is 35.7. The number of carbonyl (C=O) groups is 1. The van der Waals surface area contributed by atoms with Gasteiger partial charge in [0.2, 0.25) is 9.05 Å². The average molecular weight is 374 g/mol. The lowest BCUT2D eigenvalue weighted by Gasteiger charge is -2.39. The summed E-state index contributed by atoms with van der Waals surface area (Å²) in [6.07, 6.45) is 0.209. The van der Waals surface area contributed by atoms with E-state index in [1.165, 1.54) is 0 Å². The van der Waals surface area contributed by atoms with Gasteiger partial charge >= 0.3 is 6.09 Å².